The Morgan fingerprint density at radius 2 is 0.833 bits per heavy atom. The standard InChI is InChI=1S/C9H11B9/c1-4-5(2,3)6(7(10,11)12,8(13,14)15)9(16,17)18/h4H2,1-3H3. The molecule has 0 nitrogen and oxygen atoms in total. The van der Waals surface area contributed by atoms with E-state index in [2.05, 4.69) is 0 Å². The first-order valence-corrected chi connectivity index (χ1v) is 5.66. The smallest absolute Gasteiger partial charge is 0.0513 e. The quantitative estimate of drug-likeness (QED) is 0.525. The highest BCUT2D eigenvalue weighted by molar-refractivity contribution is 6.69. The average molecular weight is 216 g/mol. The van der Waals surface area contributed by atoms with E-state index in [0.717, 1.165) is 0 Å². The Hall–Kier alpha value is 0.584. The van der Waals surface area contributed by atoms with E-state index in [-0.39, 0.29) is 0 Å². The molecule has 74 valence electrons. The lowest BCUT2D eigenvalue weighted by Gasteiger charge is -2.72. The minimum absolute atomic E-state index is 0.501. The topological polar surface area (TPSA) is 0 Å². The van der Waals surface area contributed by atoms with Crippen molar-refractivity contribution in [3.05, 3.63) is 0 Å². The van der Waals surface area contributed by atoms with Gasteiger partial charge in [0.25, 0.3) is 0 Å². The van der Waals surface area contributed by atoms with Crippen LogP contribution in [0.4, 0.5) is 0 Å². The minimum Gasteiger partial charge on any atom is -0.127 e. The number of hydrogen-bond donors (Lipinski definition) is 0. The molecule has 0 aliphatic heterocycles. The van der Waals surface area contributed by atoms with Crippen LogP contribution in [0.1, 0.15) is 27.2 Å². The SMILES string of the molecule is [B]C([B])([B])C(C([B])([B])[B])(C([B])([B])[B])C(C)(C)CC. The highest BCUT2D eigenvalue weighted by atomic mass is 14.5. The van der Waals surface area contributed by atoms with Gasteiger partial charge in [-0.05, 0) is 5.41 Å². The van der Waals surface area contributed by atoms with Gasteiger partial charge < -0.3 is 0 Å². The van der Waals surface area contributed by atoms with E-state index in [1.165, 1.54) is 0 Å². The molecule has 0 heterocycles. The molecule has 0 aliphatic rings. The normalized spacial score (nSPS) is 15.5. The first-order valence-electron chi connectivity index (χ1n) is 5.66. The van der Waals surface area contributed by atoms with Gasteiger partial charge in [0.05, 0.1) is 70.6 Å². The molecule has 0 unspecified atom stereocenters. The molecule has 18 heavy (non-hydrogen) atoms. The molecule has 0 saturated heterocycles. The summed E-state index contributed by atoms with van der Waals surface area (Å²) in [6.45, 7) is 5.34. The third-order valence-corrected chi connectivity index (χ3v) is 3.85. The molecular weight excluding hydrogens is 205 g/mol. The highest BCUT2D eigenvalue weighted by Crippen LogP contribution is 2.70. The Labute approximate surface area is 124 Å². The lowest BCUT2D eigenvalue weighted by molar-refractivity contribution is 0.0639. The maximum atomic E-state index is 5.82. The minimum atomic E-state index is -1.98. The first kappa shape index (κ1) is 18.6. The molecule has 0 saturated carbocycles. The third kappa shape index (κ3) is 2.57. The summed E-state index contributed by atoms with van der Waals surface area (Å²) in [4.78, 5) is 0. The predicted molar refractivity (Wildman–Crippen MR) is 86.4 cm³/mol. The Kier molecular flexibility index (Phi) is 5.01. The van der Waals surface area contributed by atoms with Crippen molar-refractivity contribution in [1.29, 1.82) is 0 Å². The van der Waals surface area contributed by atoms with Crippen LogP contribution in [0, 0.1) is 10.8 Å². The van der Waals surface area contributed by atoms with Crippen LogP contribution >= 0.6 is 0 Å². The van der Waals surface area contributed by atoms with Gasteiger partial charge >= 0.3 is 0 Å². The molecule has 18 radical (unpaired) electrons. The Bertz CT molecular complexity index is 255. The van der Waals surface area contributed by atoms with Gasteiger partial charge in [-0.2, -0.15) is 0 Å². The van der Waals surface area contributed by atoms with Gasteiger partial charge in [0.2, 0.25) is 0 Å². The van der Waals surface area contributed by atoms with Crippen molar-refractivity contribution in [2.24, 2.45) is 10.8 Å². The molecule has 0 rings (SSSR count). The van der Waals surface area contributed by atoms with Crippen molar-refractivity contribution in [3.63, 3.8) is 0 Å². The van der Waals surface area contributed by atoms with Crippen LogP contribution in [0.15, 0.2) is 0 Å². The van der Waals surface area contributed by atoms with Crippen molar-refractivity contribution < 1.29 is 0 Å². The third-order valence-electron chi connectivity index (χ3n) is 3.85. The molecular formula is C9H11B9. The lowest BCUT2D eigenvalue weighted by atomic mass is 9.06. The van der Waals surface area contributed by atoms with Crippen molar-refractivity contribution in [2.75, 3.05) is 0 Å². The van der Waals surface area contributed by atoms with Crippen molar-refractivity contribution in [3.8, 4) is 0 Å². The van der Waals surface area contributed by atoms with Crippen LogP contribution in [0.25, 0.3) is 0 Å². The monoisotopic (exact) mass is 218 g/mol. The van der Waals surface area contributed by atoms with Crippen LogP contribution in [0.5, 0.6) is 0 Å². The molecule has 0 spiro atoms. The fraction of sp³-hybridized carbons (Fsp3) is 1.00. The van der Waals surface area contributed by atoms with Crippen molar-refractivity contribution in [2.45, 2.75) is 42.5 Å². The van der Waals surface area contributed by atoms with Crippen LogP contribution in [0.2, 0.25) is 15.3 Å². The summed E-state index contributed by atoms with van der Waals surface area (Å²) < 4.78 is 0. The second-order valence-electron chi connectivity index (χ2n) is 5.79. The van der Waals surface area contributed by atoms with Gasteiger partial charge in [-0.3, -0.25) is 0 Å². The Balaban J connectivity index is 6.47. The van der Waals surface area contributed by atoms with E-state index in [1.54, 1.807) is 13.8 Å². The van der Waals surface area contributed by atoms with Crippen LogP contribution in [-0.2, 0) is 0 Å². The summed E-state index contributed by atoms with van der Waals surface area (Å²) in [5.41, 5.74) is -2.56. The van der Waals surface area contributed by atoms with Gasteiger partial charge in [0, 0.05) is 0 Å². The number of rotatable bonds is 5. The van der Waals surface area contributed by atoms with E-state index in [9.17, 15) is 0 Å². The largest absolute Gasteiger partial charge is 0.127 e. The highest BCUT2D eigenvalue weighted by Gasteiger charge is 2.60. The molecule has 0 N–H and O–H groups in total. The van der Waals surface area contributed by atoms with Gasteiger partial charge in [0.15, 0.2) is 0 Å². The molecule has 0 aliphatic carbocycles. The van der Waals surface area contributed by atoms with Crippen LogP contribution < -0.4 is 0 Å². The summed E-state index contributed by atoms with van der Waals surface area (Å²) in [5, 5.41) is -5.95. The van der Waals surface area contributed by atoms with Crippen molar-refractivity contribution in [1.82, 2.24) is 0 Å². The number of hydrogen-bond acceptors (Lipinski definition) is 0. The first-order chi connectivity index (χ1) is 7.56. The maximum Gasteiger partial charge on any atom is 0.0513 e. The second kappa shape index (κ2) is 4.85. The van der Waals surface area contributed by atoms with Gasteiger partial charge in [-0.1, -0.05) is 32.6 Å². The van der Waals surface area contributed by atoms with E-state index in [0.29, 0.717) is 6.42 Å². The summed E-state index contributed by atoms with van der Waals surface area (Å²) in [5.74, 6) is 0. The maximum absolute atomic E-state index is 5.82. The predicted octanol–water partition coefficient (Wildman–Crippen LogP) is -0.853. The van der Waals surface area contributed by atoms with E-state index in [1.807, 2.05) is 6.92 Å². The van der Waals surface area contributed by atoms with Crippen molar-refractivity contribution >= 4 is 70.6 Å². The Morgan fingerprint density at radius 1 is 0.611 bits per heavy atom. The van der Waals surface area contributed by atoms with E-state index in [4.69, 9.17) is 70.6 Å². The molecule has 0 amide bonds. The van der Waals surface area contributed by atoms with Gasteiger partial charge in [0.1, 0.15) is 0 Å². The summed E-state index contributed by atoms with van der Waals surface area (Å²) in [6, 6.07) is 0. The fourth-order valence-electron chi connectivity index (χ4n) is 3.15. The van der Waals surface area contributed by atoms with Crippen LogP contribution in [0.3, 0.4) is 0 Å². The van der Waals surface area contributed by atoms with Gasteiger partial charge in [-0.25, -0.2) is 0 Å². The zero-order chi connectivity index (χ0) is 15.2. The fourth-order valence-corrected chi connectivity index (χ4v) is 3.15. The average Bonchev–Trinajstić information content (AvgIpc) is 1.94. The zero-order valence-electron chi connectivity index (χ0n) is 11.4. The van der Waals surface area contributed by atoms with Crippen LogP contribution in [-0.4, -0.2) is 70.6 Å². The summed E-state index contributed by atoms with van der Waals surface area (Å²) >= 11 is 0. The Morgan fingerprint density at radius 3 is 0.889 bits per heavy atom. The van der Waals surface area contributed by atoms with Gasteiger partial charge in [-0.15, -0.1) is 15.3 Å². The van der Waals surface area contributed by atoms with E-state index < -0.39 is 26.2 Å². The molecule has 0 fully saturated rings. The molecule has 9 heteroatoms. The second-order valence-corrected chi connectivity index (χ2v) is 5.79. The summed E-state index contributed by atoms with van der Waals surface area (Å²) in [7, 11) is 52.4. The molecule has 0 aromatic rings. The zero-order valence-corrected chi connectivity index (χ0v) is 11.4. The molecule has 0 bridgehead atoms. The molecule has 0 atom stereocenters. The summed E-state index contributed by atoms with van der Waals surface area (Å²) in [6.07, 6.45) is 0.501. The molecule has 0 aromatic carbocycles. The molecule has 0 aromatic heterocycles. The lowest BCUT2D eigenvalue weighted by Crippen LogP contribution is -2.63. The van der Waals surface area contributed by atoms with E-state index >= 15 is 0 Å².